The molecule has 0 aliphatic rings. The Labute approximate surface area is 146 Å². The molecule has 2 heterocycles. The van der Waals surface area contributed by atoms with Gasteiger partial charge in [0.15, 0.2) is 0 Å². The van der Waals surface area contributed by atoms with Crippen molar-refractivity contribution in [1.29, 1.82) is 0 Å². The molecule has 6 heteroatoms. The third-order valence-electron chi connectivity index (χ3n) is 4.03. The molecule has 0 spiro atoms. The van der Waals surface area contributed by atoms with E-state index < -0.39 is 0 Å². The normalized spacial score (nSPS) is 10.9. The molecule has 3 rings (SSSR count). The molecule has 2 aromatic heterocycles. The summed E-state index contributed by atoms with van der Waals surface area (Å²) in [5, 5.41) is 7.30. The Morgan fingerprint density at radius 2 is 1.92 bits per heavy atom. The van der Waals surface area contributed by atoms with E-state index in [-0.39, 0.29) is 5.91 Å². The van der Waals surface area contributed by atoms with Gasteiger partial charge < -0.3 is 9.73 Å². The van der Waals surface area contributed by atoms with Gasteiger partial charge in [-0.15, -0.1) is 0 Å². The molecular weight excluding hydrogens is 316 g/mol. The van der Waals surface area contributed by atoms with Crippen LogP contribution in [0.2, 0.25) is 0 Å². The first kappa shape index (κ1) is 17.0. The number of anilines is 1. The average Bonchev–Trinajstić information content (AvgIpc) is 3.10. The fourth-order valence-corrected chi connectivity index (χ4v) is 2.62. The van der Waals surface area contributed by atoms with Crippen molar-refractivity contribution in [3.63, 3.8) is 0 Å². The maximum Gasteiger partial charge on any atom is 0.226 e. The van der Waals surface area contributed by atoms with Crippen molar-refractivity contribution in [1.82, 2.24) is 14.8 Å². The predicted octanol–water partition coefficient (Wildman–Crippen LogP) is 3.86. The van der Waals surface area contributed by atoms with Gasteiger partial charge in [-0.2, -0.15) is 5.10 Å². The lowest BCUT2D eigenvalue weighted by molar-refractivity contribution is -0.115. The molecule has 1 N–H and O–H groups in total. The molecule has 1 amide bonds. The minimum Gasteiger partial charge on any atom is -0.441 e. The number of nitrogens with one attached hydrogen (secondary N) is 1. The lowest BCUT2D eigenvalue weighted by Crippen LogP contribution is -2.09. The van der Waals surface area contributed by atoms with Gasteiger partial charge in [-0.3, -0.25) is 9.48 Å². The summed E-state index contributed by atoms with van der Waals surface area (Å²) in [7, 11) is 0. The number of carbonyl (C=O) groups is 1. The van der Waals surface area contributed by atoms with Gasteiger partial charge in [-0.05, 0) is 51.1 Å². The number of rotatable bonds is 5. The fourth-order valence-electron chi connectivity index (χ4n) is 2.62. The first-order valence-corrected chi connectivity index (χ1v) is 8.34. The third kappa shape index (κ3) is 3.79. The number of carbonyl (C=O) groups excluding carboxylic acids is 1. The van der Waals surface area contributed by atoms with E-state index in [0.717, 1.165) is 34.1 Å². The Bertz CT molecular complexity index is 891. The van der Waals surface area contributed by atoms with Crippen molar-refractivity contribution >= 4 is 11.6 Å². The van der Waals surface area contributed by atoms with E-state index >= 15 is 0 Å². The summed E-state index contributed by atoms with van der Waals surface area (Å²) < 4.78 is 7.75. The van der Waals surface area contributed by atoms with E-state index in [4.69, 9.17) is 4.42 Å². The monoisotopic (exact) mass is 338 g/mol. The van der Waals surface area contributed by atoms with Crippen molar-refractivity contribution in [2.45, 2.75) is 40.7 Å². The number of aromatic nitrogens is 3. The first-order chi connectivity index (χ1) is 12.0. The second-order valence-corrected chi connectivity index (χ2v) is 6.09. The zero-order chi connectivity index (χ0) is 18.0. The van der Waals surface area contributed by atoms with Crippen LogP contribution < -0.4 is 5.32 Å². The van der Waals surface area contributed by atoms with Crippen molar-refractivity contribution in [2.24, 2.45) is 0 Å². The summed E-state index contributed by atoms with van der Waals surface area (Å²) in [5.74, 6) is 1.35. The highest BCUT2D eigenvalue weighted by Crippen LogP contribution is 2.24. The van der Waals surface area contributed by atoms with Gasteiger partial charge in [-0.1, -0.05) is 6.92 Å². The van der Waals surface area contributed by atoms with Gasteiger partial charge in [0.05, 0.1) is 12.2 Å². The molecule has 0 saturated carbocycles. The van der Waals surface area contributed by atoms with Gasteiger partial charge in [-0.25, -0.2) is 4.98 Å². The summed E-state index contributed by atoms with van der Waals surface area (Å²) >= 11 is 0. The van der Waals surface area contributed by atoms with E-state index in [2.05, 4.69) is 15.4 Å². The molecular formula is C19H22N4O2. The smallest absolute Gasteiger partial charge is 0.226 e. The maximum atomic E-state index is 11.4. The Hall–Kier alpha value is -2.89. The van der Waals surface area contributed by atoms with Gasteiger partial charge in [0.25, 0.3) is 0 Å². The minimum absolute atomic E-state index is 0.00751. The minimum atomic E-state index is -0.00751. The van der Waals surface area contributed by atoms with E-state index in [1.165, 1.54) is 0 Å². The molecule has 0 fully saturated rings. The van der Waals surface area contributed by atoms with Crippen molar-refractivity contribution in [3.05, 3.63) is 53.2 Å². The number of oxazole rings is 1. The zero-order valence-electron chi connectivity index (χ0n) is 15.0. The number of nitrogens with zero attached hydrogens (tertiary/aromatic N) is 3. The number of hydrogen-bond donors (Lipinski definition) is 1. The molecule has 25 heavy (non-hydrogen) atoms. The van der Waals surface area contributed by atoms with Crippen LogP contribution in [0.5, 0.6) is 0 Å². The molecule has 1 aromatic carbocycles. The SMILES string of the molecule is CCC(=O)Nc1ccc(-c2nc(Cn3nc(C)cc3C)c(C)o2)cc1. The Balaban J connectivity index is 1.80. The summed E-state index contributed by atoms with van der Waals surface area (Å²) in [6.45, 7) is 8.32. The maximum absolute atomic E-state index is 11.4. The topological polar surface area (TPSA) is 73.0 Å². The Morgan fingerprint density at radius 3 is 2.52 bits per heavy atom. The Morgan fingerprint density at radius 1 is 1.20 bits per heavy atom. The Kier molecular flexibility index (Phi) is 4.70. The average molecular weight is 338 g/mol. The molecule has 0 aliphatic carbocycles. The van der Waals surface area contributed by atoms with E-state index in [1.807, 2.05) is 62.7 Å². The van der Waals surface area contributed by atoms with E-state index in [1.54, 1.807) is 0 Å². The lowest BCUT2D eigenvalue weighted by Gasteiger charge is -2.03. The number of benzene rings is 1. The van der Waals surface area contributed by atoms with E-state index in [9.17, 15) is 4.79 Å². The summed E-state index contributed by atoms with van der Waals surface area (Å²) in [5.41, 5.74) is 4.59. The zero-order valence-corrected chi connectivity index (χ0v) is 15.0. The van der Waals surface area contributed by atoms with Crippen LogP contribution in [0.25, 0.3) is 11.5 Å². The molecule has 0 radical (unpaired) electrons. The highest BCUT2D eigenvalue weighted by Gasteiger charge is 2.13. The highest BCUT2D eigenvalue weighted by atomic mass is 16.4. The van der Waals surface area contributed by atoms with Crippen molar-refractivity contribution in [2.75, 3.05) is 5.32 Å². The van der Waals surface area contributed by atoms with Crippen LogP contribution in [0.1, 0.15) is 36.2 Å². The van der Waals surface area contributed by atoms with Crippen LogP contribution >= 0.6 is 0 Å². The van der Waals surface area contributed by atoms with Crippen LogP contribution in [0.15, 0.2) is 34.7 Å². The second kappa shape index (κ2) is 6.93. The molecule has 0 atom stereocenters. The quantitative estimate of drug-likeness (QED) is 0.766. The van der Waals surface area contributed by atoms with Gasteiger partial charge >= 0.3 is 0 Å². The van der Waals surface area contributed by atoms with E-state index in [0.29, 0.717) is 18.9 Å². The van der Waals surface area contributed by atoms with Crippen LogP contribution in [0, 0.1) is 20.8 Å². The summed E-state index contributed by atoms with van der Waals surface area (Å²) in [6.07, 6.45) is 0.455. The third-order valence-corrected chi connectivity index (χ3v) is 4.03. The fraction of sp³-hybridized carbons (Fsp3) is 0.316. The van der Waals surface area contributed by atoms with Gasteiger partial charge in [0.1, 0.15) is 11.5 Å². The van der Waals surface area contributed by atoms with Crippen LogP contribution in [0.4, 0.5) is 5.69 Å². The van der Waals surface area contributed by atoms with Crippen molar-refractivity contribution in [3.8, 4) is 11.5 Å². The van der Waals surface area contributed by atoms with Gasteiger partial charge in [0.2, 0.25) is 11.8 Å². The number of aryl methyl sites for hydroxylation is 3. The molecule has 130 valence electrons. The summed E-state index contributed by atoms with van der Waals surface area (Å²) in [4.78, 5) is 16.1. The number of amides is 1. The molecule has 6 nitrogen and oxygen atoms in total. The lowest BCUT2D eigenvalue weighted by atomic mass is 10.2. The van der Waals surface area contributed by atoms with Crippen LogP contribution in [-0.4, -0.2) is 20.7 Å². The molecule has 3 aromatic rings. The second-order valence-electron chi connectivity index (χ2n) is 6.09. The highest BCUT2D eigenvalue weighted by molar-refractivity contribution is 5.90. The molecule has 0 unspecified atom stereocenters. The number of hydrogen-bond acceptors (Lipinski definition) is 4. The molecule has 0 aliphatic heterocycles. The molecule has 0 bridgehead atoms. The predicted molar refractivity (Wildman–Crippen MR) is 96.4 cm³/mol. The largest absolute Gasteiger partial charge is 0.441 e. The first-order valence-electron chi connectivity index (χ1n) is 8.34. The molecule has 0 saturated heterocycles. The van der Waals surface area contributed by atoms with Gasteiger partial charge in [0, 0.05) is 23.4 Å². The van der Waals surface area contributed by atoms with Crippen molar-refractivity contribution < 1.29 is 9.21 Å². The van der Waals surface area contributed by atoms with Crippen LogP contribution in [0.3, 0.4) is 0 Å². The standard InChI is InChI=1S/C19H22N4O2/c1-5-18(24)20-16-8-6-15(7-9-16)19-21-17(14(4)25-19)11-23-13(3)10-12(2)22-23/h6-10H,5,11H2,1-4H3,(H,20,24). The van der Waals surface area contributed by atoms with Crippen LogP contribution in [-0.2, 0) is 11.3 Å². The summed E-state index contributed by atoms with van der Waals surface area (Å²) in [6, 6.07) is 9.53.